The van der Waals surface area contributed by atoms with Crippen molar-refractivity contribution in [2.75, 3.05) is 26.2 Å². The highest BCUT2D eigenvalue weighted by molar-refractivity contribution is 5.72. The first-order chi connectivity index (χ1) is 10.9. The number of ether oxygens (including phenoxy) is 1. The second kappa shape index (κ2) is 6.39. The Morgan fingerprint density at radius 2 is 2.09 bits per heavy atom. The number of nitrogens with zero attached hydrogens (tertiary/aromatic N) is 2. The number of hydrogen-bond acceptors (Lipinski definition) is 4. The molecule has 1 aromatic heterocycles. The lowest BCUT2D eigenvalue weighted by Crippen LogP contribution is -2.41. The Morgan fingerprint density at radius 1 is 1.14 bits per heavy atom. The molecule has 0 aliphatic carbocycles. The van der Waals surface area contributed by atoms with Gasteiger partial charge in [0.15, 0.2) is 11.5 Å². The lowest BCUT2D eigenvalue weighted by atomic mass is 9.97. The summed E-state index contributed by atoms with van der Waals surface area (Å²) in [5, 5.41) is 0. The van der Waals surface area contributed by atoms with E-state index in [2.05, 4.69) is 4.90 Å². The Kier molecular flexibility index (Phi) is 4.13. The first-order valence-corrected chi connectivity index (χ1v) is 8.58. The molecule has 2 saturated heterocycles. The van der Waals surface area contributed by atoms with Crippen LogP contribution in [0.3, 0.4) is 0 Å². The van der Waals surface area contributed by atoms with E-state index in [1.807, 2.05) is 24.3 Å². The molecule has 118 valence electrons. The van der Waals surface area contributed by atoms with Crippen LogP contribution in [-0.2, 0) is 4.74 Å². The highest BCUT2D eigenvalue weighted by Gasteiger charge is 2.27. The predicted molar refractivity (Wildman–Crippen MR) is 86.0 cm³/mol. The smallest absolute Gasteiger partial charge is 0.199 e. The van der Waals surface area contributed by atoms with Gasteiger partial charge in [-0.15, -0.1) is 0 Å². The highest BCUT2D eigenvalue weighted by atomic mass is 16.5. The molecule has 0 radical (unpaired) electrons. The summed E-state index contributed by atoms with van der Waals surface area (Å²) in [6, 6.07) is 8.05. The summed E-state index contributed by atoms with van der Waals surface area (Å²) in [5.74, 6) is 1.33. The van der Waals surface area contributed by atoms with E-state index in [9.17, 15) is 0 Å². The largest absolute Gasteiger partial charge is 0.440 e. The number of para-hydroxylation sites is 2. The average Bonchev–Trinajstić information content (AvgIpc) is 3.00. The van der Waals surface area contributed by atoms with Crippen molar-refractivity contribution in [1.29, 1.82) is 0 Å². The second-order valence-electron chi connectivity index (χ2n) is 6.61. The molecule has 3 heterocycles. The third-order valence-electron chi connectivity index (χ3n) is 4.90. The minimum absolute atomic E-state index is 0.421. The number of aromatic nitrogens is 1. The molecule has 4 rings (SSSR count). The molecular formula is C18H24N2O2. The molecule has 2 atom stereocenters. The molecule has 2 aromatic rings. The number of benzene rings is 1. The maximum absolute atomic E-state index is 5.98. The Bertz CT molecular complexity index is 585. The van der Waals surface area contributed by atoms with E-state index in [1.165, 1.54) is 38.6 Å². The first kappa shape index (κ1) is 14.2. The fraction of sp³-hybridized carbons (Fsp3) is 0.611. The Labute approximate surface area is 131 Å². The Hall–Kier alpha value is -1.39. The number of fused-ring (bicyclic) bond motifs is 1. The predicted octanol–water partition coefficient (Wildman–Crippen LogP) is 3.58. The van der Waals surface area contributed by atoms with Gasteiger partial charge in [0.1, 0.15) is 5.52 Å². The van der Waals surface area contributed by atoms with Gasteiger partial charge in [-0.05, 0) is 50.8 Å². The fourth-order valence-corrected chi connectivity index (χ4v) is 3.73. The maximum atomic E-state index is 5.98. The lowest BCUT2D eigenvalue weighted by molar-refractivity contribution is -0.0106. The lowest BCUT2D eigenvalue weighted by Gasteiger charge is -2.34. The molecule has 1 aromatic carbocycles. The van der Waals surface area contributed by atoms with Crippen LogP contribution in [0.25, 0.3) is 11.1 Å². The van der Waals surface area contributed by atoms with E-state index in [-0.39, 0.29) is 0 Å². The first-order valence-electron chi connectivity index (χ1n) is 8.58. The van der Waals surface area contributed by atoms with Gasteiger partial charge in [0.05, 0.1) is 6.10 Å². The topological polar surface area (TPSA) is 38.5 Å². The van der Waals surface area contributed by atoms with Gasteiger partial charge in [-0.25, -0.2) is 4.98 Å². The van der Waals surface area contributed by atoms with Gasteiger partial charge >= 0.3 is 0 Å². The van der Waals surface area contributed by atoms with Crippen LogP contribution in [0, 0.1) is 0 Å². The molecule has 4 nitrogen and oxygen atoms in total. The van der Waals surface area contributed by atoms with E-state index in [1.54, 1.807) is 0 Å². The van der Waals surface area contributed by atoms with Crippen LogP contribution in [0.2, 0.25) is 0 Å². The van der Waals surface area contributed by atoms with Gasteiger partial charge in [0, 0.05) is 25.6 Å². The standard InChI is InChI=1S/C18H24N2O2/c1-2-9-17-16(8-1)19-18(22-17)14-6-5-10-20(12-14)13-15-7-3-4-11-21-15/h1-2,8-9,14-15H,3-7,10-13H2/t14-,15-/m1/s1. The van der Waals surface area contributed by atoms with Crippen molar-refractivity contribution in [2.24, 2.45) is 0 Å². The van der Waals surface area contributed by atoms with Crippen LogP contribution in [-0.4, -0.2) is 42.2 Å². The monoisotopic (exact) mass is 300 g/mol. The van der Waals surface area contributed by atoms with Gasteiger partial charge in [0.25, 0.3) is 0 Å². The fourth-order valence-electron chi connectivity index (χ4n) is 3.73. The summed E-state index contributed by atoms with van der Waals surface area (Å²) < 4.78 is 11.9. The third kappa shape index (κ3) is 3.03. The Balaban J connectivity index is 1.43. The molecule has 22 heavy (non-hydrogen) atoms. The van der Waals surface area contributed by atoms with Crippen molar-refractivity contribution in [3.8, 4) is 0 Å². The van der Waals surface area contributed by atoms with Gasteiger partial charge in [0.2, 0.25) is 0 Å². The summed E-state index contributed by atoms with van der Waals surface area (Å²) in [6.45, 7) is 4.23. The van der Waals surface area contributed by atoms with E-state index >= 15 is 0 Å². The summed E-state index contributed by atoms with van der Waals surface area (Å²) in [4.78, 5) is 7.23. The van der Waals surface area contributed by atoms with Crippen molar-refractivity contribution in [3.63, 3.8) is 0 Å². The van der Waals surface area contributed by atoms with Crippen LogP contribution < -0.4 is 0 Å². The van der Waals surface area contributed by atoms with Crippen LogP contribution in [0.1, 0.15) is 43.9 Å². The van der Waals surface area contributed by atoms with Crippen LogP contribution >= 0.6 is 0 Å². The molecule has 0 spiro atoms. The number of oxazole rings is 1. The van der Waals surface area contributed by atoms with E-state index in [0.717, 1.165) is 36.7 Å². The van der Waals surface area contributed by atoms with Crippen molar-refractivity contribution in [1.82, 2.24) is 9.88 Å². The molecule has 0 N–H and O–H groups in total. The molecule has 2 aliphatic rings. The summed E-state index contributed by atoms with van der Waals surface area (Å²) in [5.41, 5.74) is 1.88. The zero-order valence-electron chi connectivity index (χ0n) is 13.0. The van der Waals surface area contributed by atoms with Crippen molar-refractivity contribution < 1.29 is 9.15 Å². The van der Waals surface area contributed by atoms with Crippen molar-refractivity contribution in [2.45, 2.75) is 44.1 Å². The van der Waals surface area contributed by atoms with E-state index in [4.69, 9.17) is 14.1 Å². The minimum atomic E-state index is 0.421. The summed E-state index contributed by atoms with van der Waals surface area (Å²) in [7, 11) is 0. The number of likely N-dealkylation sites (tertiary alicyclic amines) is 1. The normalized spacial score (nSPS) is 27.3. The van der Waals surface area contributed by atoms with E-state index < -0.39 is 0 Å². The summed E-state index contributed by atoms with van der Waals surface area (Å²) >= 11 is 0. The van der Waals surface area contributed by atoms with Gasteiger partial charge in [-0.2, -0.15) is 0 Å². The molecule has 0 amide bonds. The maximum Gasteiger partial charge on any atom is 0.199 e. The molecule has 2 aliphatic heterocycles. The Morgan fingerprint density at radius 3 is 2.95 bits per heavy atom. The van der Waals surface area contributed by atoms with Crippen LogP contribution in [0.5, 0.6) is 0 Å². The number of piperidine rings is 1. The molecule has 0 unspecified atom stereocenters. The molecule has 0 saturated carbocycles. The zero-order valence-corrected chi connectivity index (χ0v) is 13.0. The zero-order chi connectivity index (χ0) is 14.8. The quantitative estimate of drug-likeness (QED) is 0.868. The molecule has 4 heteroatoms. The van der Waals surface area contributed by atoms with Crippen LogP contribution in [0.15, 0.2) is 28.7 Å². The molecule has 0 bridgehead atoms. The summed E-state index contributed by atoms with van der Waals surface area (Å²) in [6.07, 6.45) is 6.57. The van der Waals surface area contributed by atoms with Gasteiger partial charge in [-0.1, -0.05) is 12.1 Å². The minimum Gasteiger partial charge on any atom is -0.440 e. The number of hydrogen-bond donors (Lipinski definition) is 0. The average molecular weight is 300 g/mol. The van der Waals surface area contributed by atoms with Gasteiger partial charge < -0.3 is 9.15 Å². The second-order valence-corrected chi connectivity index (χ2v) is 6.61. The SMILES string of the molecule is c1ccc2oc([C@@H]3CCCN(C[C@H]4CCCCO4)C3)nc2c1. The number of rotatable bonds is 3. The molecular weight excluding hydrogens is 276 g/mol. The van der Waals surface area contributed by atoms with Crippen molar-refractivity contribution in [3.05, 3.63) is 30.2 Å². The molecule has 2 fully saturated rings. The third-order valence-corrected chi connectivity index (χ3v) is 4.90. The van der Waals surface area contributed by atoms with Crippen LogP contribution in [0.4, 0.5) is 0 Å². The highest BCUT2D eigenvalue weighted by Crippen LogP contribution is 2.29. The van der Waals surface area contributed by atoms with E-state index in [0.29, 0.717) is 12.0 Å². The van der Waals surface area contributed by atoms with Crippen molar-refractivity contribution >= 4 is 11.1 Å². The van der Waals surface area contributed by atoms with Gasteiger partial charge in [-0.3, -0.25) is 4.90 Å².